The number of carbonyl (C=O) groups excluding carboxylic acids is 1. The Bertz CT molecular complexity index is 650. The number of thiocarbonyl (C=S) groups is 1. The number of rotatable bonds is 6. The minimum Gasteiger partial charge on any atom is -0.367 e. The summed E-state index contributed by atoms with van der Waals surface area (Å²) in [5, 5.41) is 3.64. The molecule has 1 aromatic heterocycles. The fourth-order valence-corrected chi connectivity index (χ4v) is 3.00. The summed E-state index contributed by atoms with van der Waals surface area (Å²) in [4.78, 5) is 16.1. The second-order valence-corrected chi connectivity index (χ2v) is 6.68. The van der Waals surface area contributed by atoms with E-state index in [0.717, 1.165) is 5.56 Å². The number of nitrogens with zero attached hydrogens (tertiary/aromatic N) is 1. The van der Waals surface area contributed by atoms with Gasteiger partial charge in [0.2, 0.25) is 0 Å². The van der Waals surface area contributed by atoms with Gasteiger partial charge in [-0.3, -0.25) is 9.78 Å². The van der Waals surface area contributed by atoms with Crippen molar-refractivity contribution in [2.45, 2.75) is 13.0 Å². The van der Waals surface area contributed by atoms with Crippen molar-refractivity contribution in [3.05, 3.63) is 64.9 Å². The van der Waals surface area contributed by atoms with Crippen LogP contribution in [0.25, 0.3) is 0 Å². The molecule has 3 nitrogen and oxygen atoms in total. The van der Waals surface area contributed by atoms with Crippen molar-refractivity contribution in [2.75, 3.05) is 5.75 Å². The number of aromatic nitrogens is 1. The maximum atomic E-state index is 12.1. The molecule has 0 amide bonds. The van der Waals surface area contributed by atoms with Crippen molar-refractivity contribution in [3.8, 4) is 0 Å². The maximum absolute atomic E-state index is 12.1. The number of benzene rings is 1. The molecule has 6 heteroatoms. The minimum atomic E-state index is 0.0353. The van der Waals surface area contributed by atoms with E-state index in [1.54, 1.807) is 24.5 Å². The first-order chi connectivity index (χ1) is 10.7. The van der Waals surface area contributed by atoms with Gasteiger partial charge in [0.25, 0.3) is 0 Å². The Hall–Kier alpha value is -1.43. The number of halogens is 1. The van der Waals surface area contributed by atoms with E-state index >= 15 is 0 Å². The first-order valence-corrected chi connectivity index (χ1v) is 8.51. The second kappa shape index (κ2) is 8.88. The highest BCUT2D eigenvalue weighted by atomic mass is 35.5. The molecule has 0 fully saturated rings. The number of pyridine rings is 1. The lowest BCUT2D eigenvalue weighted by Gasteiger charge is -2.07. The van der Waals surface area contributed by atoms with Crippen LogP contribution in [0, 0.1) is 0 Å². The van der Waals surface area contributed by atoms with Gasteiger partial charge in [-0.1, -0.05) is 53.8 Å². The monoisotopic (exact) mass is 350 g/mol. The van der Waals surface area contributed by atoms with E-state index in [1.807, 2.05) is 24.3 Å². The number of hydrogen-bond acceptors (Lipinski definition) is 4. The van der Waals surface area contributed by atoms with Crippen molar-refractivity contribution in [2.24, 2.45) is 0 Å². The Morgan fingerprint density at radius 3 is 2.82 bits per heavy atom. The Morgan fingerprint density at radius 2 is 2.09 bits per heavy atom. The number of carbonyl (C=O) groups is 1. The van der Waals surface area contributed by atoms with Gasteiger partial charge in [0, 0.05) is 36.7 Å². The van der Waals surface area contributed by atoms with Gasteiger partial charge in [-0.05, 0) is 23.8 Å². The fraction of sp³-hybridized carbons (Fsp3) is 0.188. The Labute approximate surface area is 144 Å². The smallest absolute Gasteiger partial charge is 0.165 e. The highest BCUT2D eigenvalue weighted by molar-refractivity contribution is 8.22. The van der Waals surface area contributed by atoms with Crippen LogP contribution in [-0.4, -0.2) is 20.8 Å². The standard InChI is InChI=1S/C16H15ClN2OS2/c17-14-6-2-1-5-13(14)15(20)7-9-22-16(21)19-11-12-4-3-8-18-10-12/h1-6,8,10H,7,9,11H2,(H,19,21). The molecule has 0 aliphatic rings. The van der Waals surface area contributed by atoms with Crippen molar-refractivity contribution >= 4 is 45.7 Å². The lowest BCUT2D eigenvalue weighted by atomic mass is 10.1. The van der Waals surface area contributed by atoms with E-state index in [4.69, 9.17) is 23.8 Å². The zero-order valence-electron chi connectivity index (χ0n) is 11.8. The largest absolute Gasteiger partial charge is 0.367 e. The number of thioether (sulfide) groups is 1. The molecule has 0 saturated heterocycles. The first-order valence-electron chi connectivity index (χ1n) is 6.74. The normalized spacial score (nSPS) is 10.2. The van der Waals surface area contributed by atoms with Gasteiger partial charge in [-0.15, -0.1) is 0 Å². The molecule has 0 spiro atoms. The molecule has 0 unspecified atom stereocenters. The number of ketones is 1. The van der Waals surface area contributed by atoms with Gasteiger partial charge in [0.1, 0.15) is 4.32 Å². The van der Waals surface area contributed by atoms with Crippen LogP contribution in [0.15, 0.2) is 48.8 Å². The van der Waals surface area contributed by atoms with Crippen LogP contribution in [0.1, 0.15) is 22.3 Å². The van der Waals surface area contributed by atoms with E-state index in [9.17, 15) is 4.79 Å². The van der Waals surface area contributed by atoms with Crippen molar-refractivity contribution < 1.29 is 4.79 Å². The third-order valence-corrected chi connectivity index (χ3v) is 4.54. The molecule has 1 heterocycles. The molecule has 1 aromatic carbocycles. The van der Waals surface area contributed by atoms with Crippen LogP contribution in [0.2, 0.25) is 5.02 Å². The molecule has 0 bridgehead atoms. The third-order valence-electron chi connectivity index (χ3n) is 2.90. The van der Waals surface area contributed by atoms with Crippen LogP contribution in [0.4, 0.5) is 0 Å². The minimum absolute atomic E-state index is 0.0353. The summed E-state index contributed by atoms with van der Waals surface area (Å²) in [6.45, 7) is 0.637. The van der Waals surface area contributed by atoms with Crippen molar-refractivity contribution in [1.29, 1.82) is 0 Å². The molecule has 0 saturated carbocycles. The Balaban J connectivity index is 1.71. The van der Waals surface area contributed by atoms with Gasteiger partial charge < -0.3 is 5.32 Å². The molecule has 22 heavy (non-hydrogen) atoms. The quantitative estimate of drug-likeness (QED) is 0.627. The van der Waals surface area contributed by atoms with Gasteiger partial charge >= 0.3 is 0 Å². The summed E-state index contributed by atoms with van der Waals surface area (Å²) in [5.74, 6) is 0.663. The maximum Gasteiger partial charge on any atom is 0.165 e. The van der Waals surface area contributed by atoms with E-state index in [-0.39, 0.29) is 5.78 Å². The number of Topliss-reactive ketones (excluding diaryl/α,β-unsaturated/α-hetero) is 1. The van der Waals surface area contributed by atoms with Crippen LogP contribution in [0.5, 0.6) is 0 Å². The van der Waals surface area contributed by atoms with E-state index < -0.39 is 0 Å². The average molecular weight is 351 g/mol. The molecule has 2 aromatic rings. The van der Waals surface area contributed by atoms with Crippen LogP contribution in [-0.2, 0) is 6.54 Å². The van der Waals surface area contributed by atoms with Gasteiger partial charge in [-0.25, -0.2) is 0 Å². The van der Waals surface area contributed by atoms with Gasteiger partial charge in [0.15, 0.2) is 5.78 Å². The highest BCUT2D eigenvalue weighted by Gasteiger charge is 2.09. The molecule has 0 radical (unpaired) electrons. The lowest BCUT2D eigenvalue weighted by Crippen LogP contribution is -2.18. The number of nitrogens with one attached hydrogen (secondary N) is 1. The predicted octanol–water partition coefficient (Wildman–Crippen LogP) is 4.12. The zero-order chi connectivity index (χ0) is 15.8. The SMILES string of the molecule is O=C(CCSC(=S)NCc1cccnc1)c1ccccc1Cl. The molecule has 0 atom stereocenters. The average Bonchev–Trinajstić information content (AvgIpc) is 2.54. The molecule has 0 aliphatic carbocycles. The first kappa shape index (κ1) is 16.9. The molecule has 2 rings (SSSR count). The van der Waals surface area contributed by atoms with E-state index in [1.165, 1.54) is 11.8 Å². The summed E-state index contributed by atoms with van der Waals surface area (Å²) in [6.07, 6.45) is 3.93. The fourth-order valence-electron chi connectivity index (χ4n) is 1.79. The molecular weight excluding hydrogens is 336 g/mol. The van der Waals surface area contributed by atoms with Gasteiger partial charge in [-0.2, -0.15) is 0 Å². The van der Waals surface area contributed by atoms with Crippen molar-refractivity contribution in [1.82, 2.24) is 10.3 Å². The summed E-state index contributed by atoms with van der Waals surface area (Å²) >= 11 is 12.7. The third kappa shape index (κ3) is 5.40. The predicted molar refractivity (Wildman–Crippen MR) is 96.5 cm³/mol. The molecular formula is C16H15ClN2OS2. The summed E-state index contributed by atoms with van der Waals surface area (Å²) < 4.78 is 0.677. The van der Waals surface area contributed by atoms with E-state index in [2.05, 4.69) is 10.3 Å². The molecule has 1 N–H and O–H groups in total. The van der Waals surface area contributed by atoms with E-state index in [0.29, 0.717) is 33.6 Å². The molecule has 114 valence electrons. The molecule has 0 aliphatic heterocycles. The summed E-state index contributed by atoms with van der Waals surface area (Å²) in [6, 6.07) is 11.0. The highest BCUT2D eigenvalue weighted by Crippen LogP contribution is 2.18. The van der Waals surface area contributed by atoms with Crippen molar-refractivity contribution in [3.63, 3.8) is 0 Å². The van der Waals surface area contributed by atoms with Crippen LogP contribution in [0.3, 0.4) is 0 Å². The number of hydrogen-bond donors (Lipinski definition) is 1. The Kier molecular flexibility index (Phi) is 6.83. The summed E-state index contributed by atoms with van der Waals surface area (Å²) in [5.41, 5.74) is 1.64. The topological polar surface area (TPSA) is 42.0 Å². The zero-order valence-corrected chi connectivity index (χ0v) is 14.2. The second-order valence-electron chi connectivity index (χ2n) is 4.50. The van der Waals surface area contributed by atoms with Crippen LogP contribution < -0.4 is 5.32 Å². The lowest BCUT2D eigenvalue weighted by molar-refractivity contribution is 0.0989. The summed E-state index contributed by atoms with van der Waals surface area (Å²) in [7, 11) is 0. The van der Waals surface area contributed by atoms with Crippen LogP contribution >= 0.6 is 35.6 Å². The van der Waals surface area contributed by atoms with Gasteiger partial charge in [0.05, 0.1) is 5.02 Å². The Morgan fingerprint density at radius 1 is 1.27 bits per heavy atom.